The monoisotopic (exact) mass is 480 g/mol. The fourth-order valence-electron chi connectivity index (χ4n) is 5.16. The Balaban J connectivity index is 1.44. The molecule has 2 saturated heterocycles. The summed E-state index contributed by atoms with van der Waals surface area (Å²) < 4.78 is 75.7. The van der Waals surface area contributed by atoms with Crippen molar-refractivity contribution >= 4 is 0 Å². The maximum atomic E-state index is 15.0. The quantitative estimate of drug-likeness (QED) is 0.387. The van der Waals surface area contributed by atoms with E-state index in [0.717, 1.165) is 38.7 Å². The average Bonchev–Trinajstić information content (AvgIpc) is 2.85. The van der Waals surface area contributed by atoms with Gasteiger partial charge < -0.3 is 14.2 Å². The van der Waals surface area contributed by atoms with Crippen LogP contribution in [0.3, 0.4) is 0 Å². The molecule has 4 atom stereocenters. The van der Waals surface area contributed by atoms with Crippen molar-refractivity contribution in [3.63, 3.8) is 0 Å². The lowest BCUT2D eigenvalue weighted by atomic mass is 9.81. The molecule has 2 fully saturated rings. The molecule has 0 amide bonds. The molecular formula is C27H32F4O3. The fraction of sp³-hybridized carbons (Fsp3) is 0.556. The fourth-order valence-corrected chi connectivity index (χ4v) is 5.16. The van der Waals surface area contributed by atoms with Crippen molar-refractivity contribution in [2.24, 2.45) is 11.8 Å². The molecule has 0 radical (unpaired) electrons. The van der Waals surface area contributed by atoms with Crippen LogP contribution in [0.25, 0.3) is 11.1 Å². The Morgan fingerprint density at radius 2 is 1.41 bits per heavy atom. The second-order valence-electron chi connectivity index (χ2n) is 9.24. The van der Waals surface area contributed by atoms with Crippen molar-refractivity contribution in [2.45, 2.75) is 64.6 Å². The lowest BCUT2D eigenvalue weighted by Gasteiger charge is -2.38. The summed E-state index contributed by atoms with van der Waals surface area (Å²) in [6, 6.07) is 5.10. The number of ether oxygens (including phenoxy) is 3. The van der Waals surface area contributed by atoms with Gasteiger partial charge in [0.15, 0.2) is 23.2 Å². The molecular weight excluding hydrogens is 448 g/mol. The maximum absolute atomic E-state index is 15.0. The molecule has 3 nitrogen and oxygen atoms in total. The van der Waals surface area contributed by atoms with Gasteiger partial charge in [0.25, 0.3) is 0 Å². The summed E-state index contributed by atoms with van der Waals surface area (Å²) in [6.45, 7) is 5.15. The molecule has 4 unspecified atom stereocenters. The van der Waals surface area contributed by atoms with E-state index in [1.807, 2.05) is 0 Å². The second-order valence-corrected chi connectivity index (χ2v) is 9.24. The molecule has 0 aromatic heterocycles. The molecule has 2 aromatic rings. The molecule has 2 aliphatic heterocycles. The number of benzene rings is 2. The van der Waals surface area contributed by atoms with Crippen LogP contribution in [0, 0.1) is 35.1 Å². The predicted octanol–water partition coefficient (Wildman–Crippen LogP) is 7.37. The zero-order chi connectivity index (χ0) is 24.2. The molecule has 4 rings (SSSR count). The van der Waals surface area contributed by atoms with Crippen molar-refractivity contribution in [1.82, 2.24) is 0 Å². The summed E-state index contributed by atoms with van der Waals surface area (Å²) >= 11 is 0. The molecule has 0 aliphatic carbocycles. The van der Waals surface area contributed by atoms with E-state index in [9.17, 15) is 13.2 Å². The normalized spacial score (nSPS) is 25.4. The van der Waals surface area contributed by atoms with Crippen LogP contribution in [0.1, 0.15) is 64.0 Å². The Kier molecular flexibility index (Phi) is 8.14. The van der Waals surface area contributed by atoms with E-state index in [0.29, 0.717) is 31.0 Å². The van der Waals surface area contributed by atoms with Crippen molar-refractivity contribution in [2.75, 3.05) is 19.8 Å². The van der Waals surface area contributed by atoms with Gasteiger partial charge in [-0.3, -0.25) is 0 Å². The highest BCUT2D eigenvalue weighted by Crippen LogP contribution is 2.40. The smallest absolute Gasteiger partial charge is 0.201 e. The summed E-state index contributed by atoms with van der Waals surface area (Å²) in [7, 11) is 0. The average molecular weight is 481 g/mol. The van der Waals surface area contributed by atoms with Gasteiger partial charge in [0.1, 0.15) is 0 Å². The SMILES string of the molecule is CCCC1CCC(C2CCC(c3ccc(-c4ccc(OCC)c(F)c4F)c(F)c3F)OC2)CO1. The van der Waals surface area contributed by atoms with Crippen molar-refractivity contribution in [3.8, 4) is 16.9 Å². The summed E-state index contributed by atoms with van der Waals surface area (Å²) in [4.78, 5) is 0. The Morgan fingerprint density at radius 3 is 2.00 bits per heavy atom. The van der Waals surface area contributed by atoms with Gasteiger partial charge in [0.2, 0.25) is 5.82 Å². The van der Waals surface area contributed by atoms with Crippen LogP contribution in [-0.4, -0.2) is 25.9 Å². The molecule has 34 heavy (non-hydrogen) atoms. The van der Waals surface area contributed by atoms with Gasteiger partial charge in [0, 0.05) is 16.7 Å². The number of rotatable bonds is 7. The van der Waals surface area contributed by atoms with Crippen LogP contribution in [0.15, 0.2) is 24.3 Å². The Morgan fingerprint density at radius 1 is 0.765 bits per heavy atom. The van der Waals surface area contributed by atoms with Crippen molar-refractivity contribution in [1.29, 1.82) is 0 Å². The van der Waals surface area contributed by atoms with Crippen LogP contribution < -0.4 is 4.74 Å². The summed E-state index contributed by atoms with van der Waals surface area (Å²) in [6.07, 6.45) is 5.56. The van der Waals surface area contributed by atoms with Crippen LogP contribution in [-0.2, 0) is 9.47 Å². The van der Waals surface area contributed by atoms with Gasteiger partial charge in [-0.1, -0.05) is 25.5 Å². The number of hydrogen-bond acceptors (Lipinski definition) is 3. The minimum atomic E-state index is -1.27. The first-order valence-electron chi connectivity index (χ1n) is 12.3. The molecule has 0 spiro atoms. The molecule has 7 heteroatoms. The predicted molar refractivity (Wildman–Crippen MR) is 122 cm³/mol. The minimum absolute atomic E-state index is 0.106. The third-order valence-electron chi connectivity index (χ3n) is 7.09. The number of hydrogen-bond donors (Lipinski definition) is 0. The molecule has 2 aromatic carbocycles. The molecule has 0 N–H and O–H groups in total. The summed E-state index contributed by atoms with van der Waals surface area (Å²) in [5.74, 6) is -4.30. The lowest BCUT2D eigenvalue weighted by Crippen LogP contribution is -2.35. The van der Waals surface area contributed by atoms with E-state index in [2.05, 4.69) is 6.92 Å². The maximum Gasteiger partial charge on any atom is 0.201 e. The van der Waals surface area contributed by atoms with Gasteiger partial charge in [-0.05, 0) is 63.0 Å². The first-order chi connectivity index (χ1) is 16.4. The Hall–Kier alpha value is -2.12. The highest BCUT2D eigenvalue weighted by atomic mass is 19.2. The van der Waals surface area contributed by atoms with E-state index >= 15 is 4.39 Å². The third kappa shape index (κ3) is 5.10. The number of halogens is 4. The van der Waals surface area contributed by atoms with Crippen LogP contribution >= 0.6 is 0 Å². The second kappa shape index (κ2) is 11.1. The van der Waals surface area contributed by atoms with E-state index < -0.39 is 29.4 Å². The van der Waals surface area contributed by atoms with Crippen molar-refractivity contribution < 1.29 is 31.8 Å². The molecule has 0 saturated carbocycles. The molecule has 186 valence electrons. The zero-order valence-corrected chi connectivity index (χ0v) is 19.7. The van der Waals surface area contributed by atoms with Crippen LogP contribution in [0.5, 0.6) is 5.75 Å². The first-order valence-corrected chi connectivity index (χ1v) is 12.3. The molecule has 0 bridgehead atoms. The highest BCUT2D eigenvalue weighted by Gasteiger charge is 2.33. The lowest BCUT2D eigenvalue weighted by molar-refractivity contribution is -0.0825. The first kappa shape index (κ1) is 25.0. The van der Waals surface area contributed by atoms with E-state index in [1.165, 1.54) is 24.3 Å². The van der Waals surface area contributed by atoms with Crippen LogP contribution in [0.2, 0.25) is 0 Å². The molecule has 2 heterocycles. The summed E-state index contributed by atoms with van der Waals surface area (Å²) in [5, 5.41) is 0. The Bertz CT molecular complexity index is 980. The largest absolute Gasteiger partial charge is 0.491 e. The highest BCUT2D eigenvalue weighted by molar-refractivity contribution is 5.66. The Labute approximate surface area is 198 Å². The third-order valence-corrected chi connectivity index (χ3v) is 7.09. The van der Waals surface area contributed by atoms with Crippen LogP contribution in [0.4, 0.5) is 17.6 Å². The van der Waals surface area contributed by atoms with E-state index in [1.54, 1.807) is 6.92 Å². The van der Waals surface area contributed by atoms with E-state index in [4.69, 9.17) is 14.2 Å². The zero-order valence-electron chi connectivity index (χ0n) is 19.7. The topological polar surface area (TPSA) is 27.7 Å². The van der Waals surface area contributed by atoms with Gasteiger partial charge in [-0.2, -0.15) is 4.39 Å². The van der Waals surface area contributed by atoms with Gasteiger partial charge in [-0.15, -0.1) is 0 Å². The van der Waals surface area contributed by atoms with Gasteiger partial charge in [0.05, 0.1) is 32.0 Å². The van der Waals surface area contributed by atoms with Crippen molar-refractivity contribution in [3.05, 3.63) is 53.1 Å². The van der Waals surface area contributed by atoms with Gasteiger partial charge >= 0.3 is 0 Å². The molecule has 2 aliphatic rings. The van der Waals surface area contributed by atoms with Gasteiger partial charge in [-0.25, -0.2) is 13.2 Å². The minimum Gasteiger partial charge on any atom is -0.491 e. The van der Waals surface area contributed by atoms with E-state index in [-0.39, 0.29) is 29.0 Å². The standard InChI is InChI=1S/C27H32F4O3/c1-3-5-18-8-6-16(14-33-18)17-7-12-22(34-15-17)21-10-9-19(24(28)26(21)30)20-11-13-23(32-4-2)27(31)25(20)29/h9-11,13,16-18,22H,3-8,12,14-15H2,1-2H3. The summed E-state index contributed by atoms with van der Waals surface area (Å²) in [5.41, 5.74) is -0.586.